The standard InChI is InChI=1S/C14H19ClN2O2S/c1-9(20-12-11(15)4-3-7-16-12)8-14(2,13(18)19)17-10-5-6-10/h3-4,7,9-10,17H,5-6,8H2,1-2H3,(H,18,19). The molecule has 1 aliphatic rings. The first-order chi connectivity index (χ1) is 9.40. The van der Waals surface area contributed by atoms with Crippen molar-refractivity contribution in [1.82, 2.24) is 10.3 Å². The highest BCUT2D eigenvalue weighted by atomic mass is 35.5. The van der Waals surface area contributed by atoms with Gasteiger partial charge in [-0.25, -0.2) is 4.98 Å². The predicted octanol–water partition coefficient (Wildman–Crippen LogP) is 3.20. The number of nitrogens with one attached hydrogen (secondary N) is 1. The molecule has 1 aromatic rings. The fourth-order valence-corrected chi connectivity index (χ4v) is 3.51. The summed E-state index contributed by atoms with van der Waals surface area (Å²) in [5.41, 5.74) is -0.894. The van der Waals surface area contributed by atoms with Crippen molar-refractivity contribution in [2.45, 2.75) is 55.0 Å². The van der Waals surface area contributed by atoms with Crippen LogP contribution in [0.15, 0.2) is 23.4 Å². The van der Waals surface area contributed by atoms with Gasteiger partial charge in [0.05, 0.1) is 5.02 Å². The maximum atomic E-state index is 11.5. The molecule has 4 nitrogen and oxygen atoms in total. The van der Waals surface area contributed by atoms with Gasteiger partial charge >= 0.3 is 5.97 Å². The molecular weight excluding hydrogens is 296 g/mol. The highest BCUT2D eigenvalue weighted by molar-refractivity contribution is 7.99. The maximum absolute atomic E-state index is 11.5. The van der Waals surface area contributed by atoms with Gasteiger partial charge in [0.1, 0.15) is 10.6 Å². The third-order valence-corrected chi connectivity index (χ3v) is 4.84. The largest absolute Gasteiger partial charge is 0.480 e. The molecular formula is C14H19ClN2O2S. The summed E-state index contributed by atoms with van der Waals surface area (Å²) in [4.78, 5) is 15.8. The van der Waals surface area contributed by atoms with Gasteiger partial charge in [-0.2, -0.15) is 0 Å². The summed E-state index contributed by atoms with van der Waals surface area (Å²) < 4.78 is 0. The van der Waals surface area contributed by atoms with Gasteiger partial charge < -0.3 is 5.11 Å². The van der Waals surface area contributed by atoms with Crippen LogP contribution in [-0.2, 0) is 4.79 Å². The third kappa shape index (κ3) is 4.11. The molecule has 1 aliphatic carbocycles. The Morgan fingerprint density at radius 2 is 2.40 bits per heavy atom. The number of nitrogens with zero attached hydrogens (tertiary/aromatic N) is 1. The molecule has 1 saturated carbocycles. The van der Waals surface area contributed by atoms with Crippen LogP contribution < -0.4 is 5.32 Å². The summed E-state index contributed by atoms with van der Waals surface area (Å²) >= 11 is 7.60. The monoisotopic (exact) mass is 314 g/mol. The van der Waals surface area contributed by atoms with E-state index in [2.05, 4.69) is 10.3 Å². The lowest BCUT2D eigenvalue weighted by Crippen LogP contribution is -2.51. The second-order valence-corrected chi connectivity index (χ2v) is 7.31. The molecule has 20 heavy (non-hydrogen) atoms. The Bertz CT molecular complexity index is 496. The van der Waals surface area contributed by atoms with Crippen molar-refractivity contribution in [1.29, 1.82) is 0 Å². The van der Waals surface area contributed by atoms with Gasteiger partial charge in [-0.05, 0) is 38.3 Å². The number of thioether (sulfide) groups is 1. The molecule has 1 heterocycles. The molecule has 0 spiro atoms. The smallest absolute Gasteiger partial charge is 0.323 e. The van der Waals surface area contributed by atoms with E-state index < -0.39 is 11.5 Å². The molecule has 2 rings (SSSR count). The molecule has 2 unspecified atom stereocenters. The zero-order valence-corrected chi connectivity index (χ0v) is 13.2. The highest BCUT2D eigenvalue weighted by Crippen LogP contribution is 2.33. The molecule has 0 bridgehead atoms. The normalized spacial score (nSPS) is 19.4. The van der Waals surface area contributed by atoms with Crippen molar-refractivity contribution >= 4 is 29.3 Å². The third-order valence-electron chi connectivity index (χ3n) is 3.31. The molecule has 0 saturated heterocycles. The number of carbonyl (C=O) groups is 1. The van der Waals surface area contributed by atoms with Crippen LogP contribution in [0.3, 0.4) is 0 Å². The zero-order chi connectivity index (χ0) is 14.8. The topological polar surface area (TPSA) is 62.2 Å². The number of rotatable bonds is 7. The van der Waals surface area contributed by atoms with Crippen LogP contribution >= 0.6 is 23.4 Å². The minimum absolute atomic E-state index is 0.106. The van der Waals surface area contributed by atoms with Crippen LogP contribution in [0.25, 0.3) is 0 Å². The van der Waals surface area contributed by atoms with E-state index in [0.717, 1.165) is 17.9 Å². The van der Waals surface area contributed by atoms with E-state index >= 15 is 0 Å². The van der Waals surface area contributed by atoms with Crippen LogP contribution in [0.5, 0.6) is 0 Å². The summed E-state index contributed by atoms with van der Waals surface area (Å²) in [6.45, 7) is 3.76. The van der Waals surface area contributed by atoms with Crippen LogP contribution in [0.4, 0.5) is 0 Å². The van der Waals surface area contributed by atoms with Crippen LogP contribution in [0.2, 0.25) is 5.02 Å². The van der Waals surface area contributed by atoms with Gasteiger partial charge in [0.2, 0.25) is 0 Å². The van der Waals surface area contributed by atoms with Crippen LogP contribution in [0, 0.1) is 0 Å². The molecule has 110 valence electrons. The first-order valence-corrected chi connectivity index (χ1v) is 7.95. The average Bonchev–Trinajstić information content (AvgIpc) is 3.15. The van der Waals surface area contributed by atoms with Gasteiger partial charge in [0, 0.05) is 17.5 Å². The number of hydrogen-bond donors (Lipinski definition) is 2. The molecule has 0 radical (unpaired) electrons. The Morgan fingerprint density at radius 3 is 2.95 bits per heavy atom. The Morgan fingerprint density at radius 1 is 1.70 bits per heavy atom. The minimum Gasteiger partial charge on any atom is -0.480 e. The number of pyridine rings is 1. The molecule has 0 amide bonds. The van der Waals surface area contributed by atoms with Gasteiger partial charge in [0.25, 0.3) is 0 Å². The van der Waals surface area contributed by atoms with Gasteiger partial charge in [-0.1, -0.05) is 18.5 Å². The fourth-order valence-electron chi connectivity index (χ4n) is 2.15. The summed E-state index contributed by atoms with van der Waals surface area (Å²) in [5.74, 6) is -0.802. The molecule has 2 atom stereocenters. The van der Waals surface area contributed by atoms with E-state index in [-0.39, 0.29) is 5.25 Å². The van der Waals surface area contributed by atoms with Crippen molar-refractivity contribution in [3.8, 4) is 0 Å². The Labute approximate surface area is 128 Å². The number of carboxylic acid groups (broad SMARTS) is 1. The quantitative estimate of drug-likeness (QED) is 0.757. The molecule has 1 aromatic heterocycles. The number of aromatic nitrogens is 1. The predicted molar refractivity (Wildman–Crippen MR) is 81.4 cm³/mol. The number of halogens is 1. The average molecular weight is 315 g/mol. The minimum atomic E-state index is -0.894. The fraction of sp³-hybridized carbons (Fsp3) is 0.571. The zero-order valence-electron chi connectivity index (χ0n) is 11.6. The molecule has 0 aliphatic heterocycles. The summed E-state index contributed by atoms with van der Waals surface area (Å²) in [5, 5.41) is 14.2. The summed E-state index contributed by atoms with van der Waals surface area (Å²) in [6, 6.07) is 3.93. The number of hydrogen-bond acceptors (Lipinski definition) is 4. The van der Waals surface area contributed by atoms with E-state index in [1.807, 2.05) is 6.92 Å². The van der Waals surface area contributed by atoms with E-state index in [4.69, 9.17) is 11.6 Å². The molecule has 1 fully saturated rings. The molecule has 6 heteroatoms. The van der Waals surface area contributed by atoms with E-state index in [1.165, 1.54) is 11.8 Å². The maximum Gasteiger partial charge on any atom is 0.323 e. The van der Waals surface area contributed by atoms with Crippen molar-refractivity contribution in [2.24, 2.45) is 0 Å². The van der Waals surface area contributed by atoms with E-state index in [0.29, 0.717) is 17.5 Å². The van der Waals surface area contributed by atoms with Crippen molar-refractivity contribution in [3.05, 3.63) is 23.4 Å². The lowest BCUT2D eigenvalue weighted by Gasteiger charge is -2.29. The van der Waals surface area contributed by atoms with Gasteiger partial charge in [-0.3, -0.25) is 10.1 Å². The van der Waals surface area contributed by atoms with Gasteiger partial charge in [-0.15, -0.1) is 11.8 Å². The Balaban J connectivity index is 1.99. The number of carboxylic acids is 1. The van der Waals surface area contributed by atoms with E-state index in [9.17, 15) is 9.90 Å². The van der Waals surface area contributed by atoms with E-state index in [1.54, 1.807) is 25.3 Å². The summed E-state index contributed by atoms with van der Waals surface area (Å²) in [6.07, 6.45) is 4.35. The number of aliphatic carboxylic acids is 1. The van der Waals surface area contributed by atoms with Crippen molar-refractivity contribution in [3.63, 3.8) is 0 Å². The SMILES string of the molecule is CC(CC(C)(NC1CC1)C(=O)O)Sc1ncccc1Cl. The Kier molecular flexibility index (Phi) is 4.94. The second-order valence-electron chi connectivity index (χ2n) is 5.48. The van der Waals surface area contributed by atoms with Gasteiger partial charge in [0.15, 0.2) is 0 Å². The highest BCUT2D eigenvalue weighted by Gasteiger charge is 2.39. The van der Waals surface area contributed by atoms with Crippen LogP contribution in [-0.4, -0.2) is 32.9 Å². The Hall–Kier alpha value is -0.780. The molecule has 0 aromatic carbocycles. The molecule has 2 N–H and O–H groups in total. The van der Waals surface area contributed by atoms with Crippen LogP contribution in [0.1, 0.15) is 33.1 Å². The second kappa shape index (κ2) is 6.33. The van der Waals surface area contributed by atoms with Crippen molar-refractivity contribution in [2.75, 3.05) is 0 Å². The lowest BCUT2D eigenvalue weighted by atomic mass is 9.96. The first kappa shape index (κ1) is 15.6. The summed E-state index contributed by atoms with van der Waals surface area (Å²) in [7, 11) is 0. The first-order valence-electron chi connectivity index (χ1n) is 6.69. The van der Waals surface area contributed by atoms with Crippen molar-refractivity contribution < 1.29 is 9.90 Å². The lowest BCUT2D eigenvalue weighted by molar-refractivity contribution is -0.144.